The van der Waals surface area contributed by atoms with Gasteiger partial charge in [-0.05, 0) is 36.4 Å². The topological polar surface area (TPSA) is 55.1 Å². The summed E-state index contributed by atoms with van der Waals surface area (Å²) in [6.45, 7) is 0. The molecule has 2 aromatic carbocycles. The summed E-state index contributed by atoms with van der Waals surface area (Å²) in [5, 5.41) is 3.58. The molecule has 0 spiro atoms. The molecule has 0 saturated heterocycles. The lowest BCUT2D eigenvalue weighted by Crippen LogP contribution is -2.18. The summed E-state index contributed by atoms with van der Waals surface area (Å²) in [5.41, 5.74) is 6.95. The molecule has 6 heteroatoms. The van der Waals surface area contributed by atoms with Gasteiger partial charge in [-0.2, -0.15) is 0 Å². The number of hydrogen-bond acceptors (Lipinski definition) is 3. The van der Waals surface area contributed by atoms with Gasteiger partial charge in [-0.1, -0.05) is 35.0 Å². The molecule has 0 aliphatic heterocycles. The van der Waals surface area contributed by atoms with Gasteiger partial charge in [0.2, 0.25) is 0 Å². The number of nitrogen functional groups attached to an aromatic ring is 1. The summed E-state index contributed by atoms with van der Waals surface area (Å²) < 4.78 is 0. The second kappa shape index (κ2) is 6.39. The van der Waals surface area contributed by atoms with Crippen LogP contribution in [0.3, 0.4) is 0 Å². The van der Waals surface area contributed by atoms with Crippen LogP contribution in [0.4, 0.5) is 5.69 Å². The molecule has 0 saturated carbocycles. The highest BCUT2D eigenvalue weighted by atomic mass is 35.5. The van der Waals surface area contributed by atoms with Crippen molar-refractivity contribution < 1.29 is 4.79 Å². The molecule has 0 fully saturated rings. The molecule has 1 amide bonds. The summed E-state index contributed by atoms with van der Waals surface area (Å²) in [4.78, 5) is 13.5. The molecule has 0 aliphatic rings. The molecular formula is C14H12Cl2N2OS. The van der Waals surface area contributed by atoms with Crippen LogP contribution in [0.15, 0.2) is 46.2 Å². The van der Waals surface area contributed by atoms with Crippen molar-refractivity contribution in [3.05, 3.63) is 52.0 Å². The van der Waals surface area contributed by atoms with Crippen molar-refractivity contribution in [2.45, 2.75) is 9.79 Å². The summed E-state index contributed by atoms with van der Waals surface area (Å²) in [7, 11) is 1.59. The zero-order valence-corrected chi connectivity index (χ0v) is 12.9. The molecule has 0 radical (unpaired) electrons. The molecule has 3 N–H and O–H groups in total. The van der Waals surface area contributed by atoms with E-state index in [1.807, 2.05) is 6.07 Å². The van der Waals surface area contributed by atoms with Crippen molar-refractivity contribution in [1.82, 2.24) is 5.32 Å². The highest BCUT2D eigenvalue weighted by Gasteiger charge is 2.12. The average molecular weight is 327 g/mol. The molecule has 0 heterocycles. The van der Waals surface area contributed by atoms with Gasteiger partial charge in [0.1, 0.15) is 0 Å². The van der Waals surface area contributed by atoms with Crippen LogP contribution in [0.1, 0.15) is 10.4 Å². The monoisotopic (exact) mass is 326 g/mol. The third kappa shape index (κ3) is 3.39. The van der Waals surface area contributed by atoms with E-state index in [1.54, 1.807) is 37.4 Å². The van der Waals surface area contributed by atoms with Crippen molar-refractivity contribution in [3.63, 3.8) is 0 Å². The predicted octanol–water partition coefficient (Wildman–Crippen LogP) is 4.09. The Morgan fingerprint density at radius 1 is 1.15 bits per heavy atom. The molecule has 3 nitrogen and oxygen atoms in total. The second-order valence-electron chi connectivity index (χ2n) is 4.01. The van der Waals surface area contributed by atoms with Crippen molar-refractivity contribution >= 4 is 46.6 Å². The Morgan fingerprint density at radius 3 is 2.55 bits per heavy atom. The summed E-state index contributed by atoms with van der Waals surface area (Å²) >= 11 is 13.3. The van der Waals surface area contributed by atoms with Gasteiger partial charge in [0.15, 0.2) is 0 Å². The van der Waals surface area contributed by atoms with E-state index in [-0.39, 0.29) is 5.91 Å². The van der Waals surface area contributed by atoms with E-state index in [0.717, 1.165) is 9.79 Å². The Labute approximate surface area is 131 Å². The number of nitrogens with two attached hydrogens (primary N) is 1. The van der Waals surface area contributed by atoms with Crippen LogP contribution in [-0.4, -0.2) is 13.0 Å². The van der Waals surface area contributed by atoms with E-state index < -0.39 is 0 Å². The van der Waals surface area contributed by atoms with Crippen molar-refractivity contribution in [2.75, 3.05) is 12.8 Å². The summed E-state index contributed by atoms with van der Waals surface area (Å²) in [5.74, 6) is -0.160. The van der Waals surface area contributed by atoms with Crippen LogP contribution < -0.4 is 11.1 Å². The summed E-state index contributed by atoms with van der Waals surface area (Å²) in [6, 6.07) is 10.5. The molecule has 0 atom stereocenters. The first-order chi connectivity index (χ1) is 9.51. The first-order valence-corrected chi connectivity index (χ1v) is 7.33. The van der Waals surface area contributed by atoms with E-state index >= 15 is 0 Å². The van der Waals surface area contributed by atoms with Crippen LogP contribution in [-0.2, 0) is 0 Å². The SMILES string of the molecule is CNC(=O)c1ccc(N)cc1Sc1ccc(Cl)c(Cl)c1. The molecule has 20 heavy (non-hydrogen) atoms. The first kappa shape index (κ1) is 15.0. The van der Waals surface area contributed by atoms with Crippen LogP contribution >= 0.6 is 35.0 Å². The number of amides is 1. The van der Waals surface area contributed by atoms with Gasteiger partial charge >= 0.3 is 0 Å². The fraction of sp³-hybridized carbons (Fsp3) is 0.0714. The molecule has 0 bridgehead atoms. The number of anilines is 1. The van der Waals surface area contributed by atoms with E-state index in [0.29, 0.717) is 21.3 Å². The van der Waals surface area contributed by atoms with Crippen LogP contribution in [0.2, 0.25) is 10.0 Å². The Balaban J connectivity index is 2.38. The lowest BCUT2D eigenvalue weighted by molar-refractivity contribution is 0.0960. The molecule has 0 aliphatic carbocycles. The van der Waals surface area contributed by atoms with Crippen molar-refractivity contribution in [3.8, 4) is 0 Å². The fourth-order valence-electron chi connectivity index (χ4n) is 1.61. The maximum absolute atomic E-state index is 11.8. The van der Waals surface area contributed by atoms with E-state index in [4.69, 9.17) is 28.9 Å². The number of benzene rings is 2. The van der Waals surface area contributed by atoms with Gasteiger partial charge in [0.05, 0.1) is 15.6 Å². The Morgan fingerprint density at radius 2 is 1.90 bits per heavy atom. The third-order valence-electron chi connectivity index (χ3n) is 2.60. The first-order valence-electron chi connectivity index (χ1n) is 5.76. The highest BCUT2D eigenvalue weighted by Crippen LogP contribution is 2.35. The highest BCUT2D eigenvalue weighted by molar-refractivity contribution is 7.99. The van der Waals surface area contributed by atoms with Crippen molar-refractivity contribution in [2.24, 2.45) is 0 Å². The zero-order valence-electron chi connectivity index (χ0n) is 10.6. The normalized spacial score (nSPS) is 10.3. The van der Waals surface area contributed by atoms with Crippen LogP contribution in [0.25, 0.3) is 0 Å². The standard InChI is InChI=1S/C14H12Cl2N2OS/c1-18-14(19)10-4-2-8(17)6-13(10)20-9-3-5-11(15)12(16)7-9/h2-7H,17H2,1H3,(H,18,19). The minimum absolute atomic E-state index is 0.160. The number of hydrogen-bond donors (Lipinski definition) is 2. The summed E-state index contributed by atoms with van der Waals surface area (Å²) in [6.07, 6.45) is 0. The zero-order chi connectivity index (χ0) is 14.7. The van der Waals surface area contributed by atoms with Gasteiger partial charge in [0.25, 0.3) is 5.91 Å². The minimum atomic E-state index is -0.160. The number of carbonyl (C=O) groups is 1. The molecule has 0 aromatic heterocycles. The van der Waals surface area contributed by atoms with E-state index in [2.05, 4.69) is 5.32 Å². The molecule has 2 rings (SSSR count). The fourth-order valence-corrected chi connectivity index (χ4v) is 3.01. The van der Waals surface area contributed by atoms with Crippen LogP contribution in [0.5, 0.6) is 0 Å². The maximum atomic E-state index is 11.8. The van der Waals surface area contributed by atoms with Gasteiger partial charge < -0.3 is 11.1 Å². The van der Waals surface area contributed by atoms with E-state index in [1.165, 1.54) is 11.8 Å². The average Bonchev–Trinajstić information content (AvgIpc) is 2.42. The van der Waals surface area contributed by atoms with Crippen molar-refractivity contribution in [1.29, 1.82) is 0 Å². The Hall–Kier alpha value is -1.36. The second-order valence-corrected chi connectivity index (χ2v) is 5.94. The van der Waals surface area contributed by atoms with Gasteiger partial charge in [0, 0.05) is 22.5 Å². The lowest BCUT2D eigenvalue weighted by Gasteiger charge is -2.09. The smallest absolute Gasteiger partial charge is 0.252 e. The van der Waals surface area contributed by atoms with Crippen LogP contribution in [0, 0.1) is 0 Å². The number of halogens is 2. The number of nitrogens with one attached hydrogen (secondary N) is 1. The third-order valence-corrected chi connectivity index (χ3v) is 4.38. The quantitative estimate of drug-likeness (QED) is 0.835. The molecule has 104 valence electrons. The Bertz CT molecular complexity index is 662. The Kier molecular flexibility index (Phi) is 4.81. The number of carbonyl (C=O) groups excluding carboxylic acids is 1. The van der Waals surface area contributed by atoms with Gasteiger partial charge in [-0.25, -0.2) is 0 Å². The van der Waals surface area contributed by atoms with Gasteiger partial charge in [-0.3, -0.25) is 4.79 Å². The maximum Gasteiger partial charge on any atom is 0.252 e. The molecular weight excluding hydrogens is 315 g/mol. The van der Waals surface area contributed by atoms with E-state index in [9.17, 15) is 4.79 Å². The number of rotatable bonds is 3. The molecule has 0 unspecified atom stereocenters. The lowest BCUT2D eigenvalue weighted by atomic mass is 10.2. The molecule has 2 aromatic rings. The largest absolute Gasteiger partial charge is 0.399 e. The minimum Gasteiger partial charge on any atom is -0.399 e. The predicted molar refractivity (Wildman–Crippen MR) is 84.8 cm³/mol. The van der Waals surface area contributed by atoms with Gasteiger partial charge in [-0.15, -0.1) is 0 Å².